The van der Waals surface area contributed by atoms with Crippen LogP contribution in [0.25, 0.3) is 6.08 Å². The second-order valence-corrected chi connectivity index (χ2v) is 7.63. The molecule has 0 aliphatic rings. The molecule has 9 heteroatoms. The molecule has 7 nitrogen and oxygen atoms in total. The van der Waals surface area contributed by atoms with Crippen molar-refractivity contribution in [1.29, 1.82) is 5.26 Å². The average molecular weight is 388 g/mol. The lowest BCUT2D eigenvalue weighted by molar-refractivity contribution is -0.131. The standard InChI is InChI=1S/C17H16N4O3S2/c1-10(2)25-17-20-16(26-21-17)19-15(23)13(9-18)8-12-4-6-14(7-5-12)24-11(3)22/h4-8,10H,1-3H3,(H,19,20,21,23)/b13-8-. The minimum atomic E-state index is -0.561. The maximum Gasteiger partial charge on any atom is 0.308 e. The van der Waals surface area contributed by atoms with Crippen LogP contribution in [0.4, 0.5) is 5.13 Å². The Bertz CT molecular complexity index is 867. The first-order valence-electron chi connectivity index (χ1n) is 7.59. The molecule has 0 saturated heterocycles. The normalized spacial score (nSPS) is 11.1. The zero-order valence-corrected chi connectivity index (χ0v) is 16.0. The van der Waals surface area contributed by atoms with Crippen LogP contribution in [0.15, 0.2) is 35.0 Å². The van der Waals surface area contributed by atoms with Gasteiger partial charge in [-0.05, 0) is 23.8 Å². The summed E-state index contributed by atoms with van der Waals surface area (Å²) in [5, 5.41) is 13.1. The SMILES string of the molecule is CC(=O)Oc1ccc(/C=C(/C#N)C(=O)Nc2nc(SC(C)C)ns2)cc1. The molecule has 0 aliphatic heterocycles. The van der Waals surface area contributed by atoms with Crippen LogP contribution in [-0.4, -0.2) is 26.5 Å². The maximum atomic E-state index is 12.3. The molecule has 1 N–H and O–H groups in total. The molecule has 1 amide bonds. The fraction of sp³-hybridized carbons (Fsp3) is 0.235. The average Bonchev–Trinajstić information content (AvgIpc) is 2.99. The van der Waals surface area contributed by atoms with Gasteiger partial charge in [-0.3, -0.25) is 14.9 Å². The molecule has 1 heterocycles. The highest BCUT2D eigenvalue weighted by molar-refractivity contribution is 7.99. The first-order valence-corrected chi connectivity index (χ1v) is 9.24. The Morgan fingerprint density at radius 3 is 2.62 bits per heavy atom. The van der Waals surface area contributed by atoms with E-state index >= 15 is 0 Å². The molecule has 0 saturated carbocycles. The monoisotopic (exact) mass is 388 g/mol. The number of hydrogen-bond acceptors (Lipinski definition) is 8. The Morgan fingerprint density at radius 1 is 1.35 bits per heavy atom. The van der Waals surface area contributed by atoms with Crippen molar-refractivity contribution in [3.8, 4) is 11.8 Å². The van der Waals surface area contributed by atoms with E-state index in [-0.39, 0.29) is 5.57 Å². The number of nitriles is 1. The lowest BCUT2D eigenvalue weighted by Crippen LogP contribution is -2.13. The van der Waals surface area contributed by atoms with Crippen LogP contribution >= 0.6 is 23.3 Å². The van der Waals surface area contributed by atoms with E-state index in [0.29, 0.717) is 26.9 Å². The number of benzene rings is 1. The van der Waals surface area contributed by atoms with E-state index in [1.807, 2.05) is 19.9 Å². The highest BCUT2D eigenvalue weighted by Crippen LogP contribution is 2.24. The number of amides is 1. The van der Waals surface area contributed by atoms with E-state index < -0.39 is 11.9 Å². The van der Waals surface area contributed by atoms with Crippen LogP contribution in [0.1, 0.15) is 26.3 Å². The Balaban J connectivity index is 2.08. The highest BCUT2D eigenvalue weighted by atomic mass is 32.2. The number of esters is 1. The molecule has 2 rings (SSSR count). The second-order valence-electron chi connectivity index (χ2n) is 5.34. The summed E-state index contributed by atoms with van der Waals surface area (Å²) in [5.74, 6) is -0.590. The molecule has 0 fully saturated rings. The van der Waals surface area contributed by atoms with Crippen molar-refractivity contribution in [1.82, 2.24) is 9.36 Å². The second kappa shape index (κ2) is 9.12. The highest BCUT2D eigenvalue weighted by Gasteiger charge is 2.13. The van der Waals surface area contributed by atoms with Crippen molar-refractivity contribution in [2.24, 2.45) is 0 Å². The first kappa shape index (κ1) is 19.6. The number of anilines is 1. The summed E-state index contributed by atoms with van der Waals surface area (Å²) in [7, 11) is 0. The van der Waals surface area contributed by atoms with Gasteiger partial charge in [0.1, 0.15) is 17.4 Å². The molecule has 26 heavy (non-hydrogen) atoms. The molecule has 0 atom stereocenters. The van der Waals surface area contributed by atoms with Gasteiger partial charge in [0.2, 0.25) is 10.3 Å². The van der Waals surface area contributed by atoms with Gasteiger partial charge in [0.15, 0.2) is 0 Å². The zero-order valence-electron chi connectivity index (χ0n) is 14.3. The predicted octanol–water partition coefficient (Wildman–Crippen LogP) is 3.51. The Kier molecular flexibility index (Phi) is 6.89. The summed E-state index contributed by atoms with van der Waals surface area (Å²) in [4.78, 5) is 27.4. The number of hydrogen-bond donors (Lipinski definition) is 1. The minimum Gasteiger partial charge on any atom is -0.427 e. The van der Waals surface area contributed by atoms with E-state index in [2.05, 4.69) is 14.7 Å². The van der Waals surface area contributed by atoms with Gasteiger partial charge in [-0.2, -0.15) is 14.6 Å². The molecule has 2 aromatic rings. The first-order chi connectivity index (χ1) is 12.4. The van der Waals surface area contributed by atoms with Crippen molar-refractivity contribution >= 4 is 46.4 Å². The smallest absolute Gasteiger partial charge is 0.308 e. The van der Waals surface area contributed by atoms with Gasteiger partial charge in [0.25, 0.3) is 5.91 Å². The number of nitrogens with zero attached hydrogens (tertiary/aromatic N) is 3. The minimum absolute atomic E-state index is 0.0708. The van der Waals surface area contributed by atoms with E-state index in [1.54, 1.807) is 24.3 Å². The fourth-order valence-electron chi connectivity index (χ4n) is 1.80. The molecule has 0 spiro atoms. The molecule has 0 aliphatic carbocycles. The Hall–Kier alpha value is -2.70. The Labute approximate surface area is 159 Å². The summed E-state index contributed by atoms with van der Waals surface area (Å²) in [6.07, 6.45) is 1.44. The van der Waals surface area contributed by atoms with Gasteiger partial charge in [-0.1, -0.05) is 37.7 Å². The molecule has 1 aromatic carbocycles. The largest absolute Gasteiger partial charge is 0.427 e. The van der Waals surface area contributed by atoms with Gasteiger partial charge in [-0.25, -0.2) is 0 Å². The van der Waals surface area contributed by atoms with E-state index in [4.69, 9.17) is 4.74 Å². The number of aromatic nitrogens is 2. The molecule has 1 aromatic heterocycles. The number of ether oxygens (including phenoxy) is 1. The molecule has 134 valence electrons. The lowest BCUT2D eigenvalue weighted by atomic mass is 10.1. The zero-order chi connectivity index (χ0) is 19.1. The van der Waals surface area contributed by atoms with Crippen LogP contribution in [0.2, 0.25) is 0 Å². The van der Waals surface area contributed by atoms with Crippen LogP contribution < -0.4 is 10.1 Å². The molecule has 0 bridgehead atoms. The van der Waals surface area contributed by atoms with Crippen molar-refractivity contribution < 1.29 is 14.3 Å². The van der Waals surface area contributed by atoms with Crippen LogP contribution in [0.5, 0.6) is 5.75 Å². The maximum absolute atomic E-state index is 12.3. The summed E-state index contributed by atoms with van der Waals surface area (Å²) >= 11 is 2.55. The molecular formula is C17H16N4O3S2. The third-order valence-electron chi connectivity index (χ3n) is 2.79. The van der Waals surface area contributed by atoms with Crippen molar-refractivity contribution in [3.63, 3.8) is 0 Å². The van der Waals surface area contributed by atoms with Crippen LogP contribution in [-0.2, 0) is 9.59 Å². The van der Waals surface area contributed by atoms with Crippen molar-refractivity contribution in [3.05, 3.63) is 35.4 Å². The van der Waals surface area contributed by atoms with Crippen molar-refractivity contribution in [2.75, 3.05) is 5.32 Å². The fourth-order valence-corrected chi connectivity index (χ4v) is 3.18. The molecule has 0 radical (unpaired) electrons. The number of nitrogens with one attached hydrogen (secondary N) is 1. The van der Waals surface area contributed by atoms with E-state index in [1.165, 1.54) is 24.8 Å². The van der Waals surface area contributed by atoms with E-state index in [9.17, 15) is 14.9 Å². The van der Waals surface area contributed by atoms with Crippen LogP contribution in [0.3, 0.4) is 0 Å². The third kappa shape index (κ3) is 5.98. The summed E-state index contributed by atoms with van der Waals surface area (Å²) in [6, 6.07) is 8.33. The van der Waals surface area contributed by atoms with Crippen LogP contribution in [0, 0.1) is 11.3 Å². The van der Waals surface area contributed by atoms with Gasteiger partial charge < -0.3 is 4.74 Å². The van der Waals surface area contributed by atoms with Gasteiger partial charge in [-0.15, -0.1) is 0 Å². The third-order valence-corrected chi connectivity index (χ3v) is 4.40. The van der Waals surface area contributed by atoms with Crippen molar-refractivity contribution in [2.45, 2.75) is 31.2 Å². The number of rotatable bonds is 6. The molecule has 0 unspecified atom stereocenters. The molecular weight excluding hydrogens is 372 g/mol. The van der Waals surface area contributed by atoms with Gasteiger partial charge in [0.05, 0.1) is 0 Å². The lowest BCUT2D eigenvalue weighted by Gasteiger charge is -2.02. The number of carbonyl (C=O) groups excluding carboxylic acids is 2. The summed E-state index contributed by atoms with van der Waals surface area (Å²) < 4.78 is 9.08. The van der Waals surface area contributed by atoms with Gasteiger partial charge in [0, 0.05) is 23.7 Å². The summed E-state index contributed by atoms with van der Waals surface area (Å²) in [6.45, 7) is 5.35. The Morgan fingerprint density at radius 2 is 2.04 bits per heavy atom. The van der Waals surface area contributed by atoms with Gasteiger partial charge >= 0.3 is 5.97 Å². The number of carbonyl (C=O) groups is 2. The topological polar surface area (TPSA) is 105 Å². The predicted molar refractivity (Wildman–Crippen MR) is 101 cm³/mol. The quantitative estimate of drug-likeness (QED) is 0.265. The van der Waals surface area contributed by atoms with E-state index in [0.717, 1.165) is 11.5 Å². The summed E-state index contributed by atoms with van der Waals surface area (Å²) in [5.41, 5.74) is 0.555. The number of thioether (sulfide) groups is 1.